The molecule has 2 fully saturated rings. The fourth-order valence-corrected chi connectivity index (χ4v) is 3.78. The lowest BCUT2D eigenvalue weighted by molar-refractivity contribution is -0.191. The second kappa shape index (κ2) is 4.66. The molecule has 19 heavy (non-hydrogen) atoms. The van der Waals surface area contributed by atoms with Crippen LogP contribution in [0.2, 0.25) is 0 Å². The Morgan fingerprint density at radius 3 is 2.84 bits per heavy atom. The number of thioether (sulfide) groups is 1. The van der Waals surface area contributed by atoms with Crippen LogP contribution in [0.15, 0.2) is 4.52 Å². The Labute approximate surface area is 112 Å². The van der Waals surface area contributed by atoms with Crippen LogP contribution in [-0.4, -0.2) is 35.2 Å². The number of rotatable bonds is 2. The van der Waals surface area contributed by atoms with E-state index in [-0.39, 0.29) is 24.1 Å². The Balaban J connectivity index is 1.91. The SMILES string of the molecule is FC(F)(F)C1(c2nc(C3CCCS3)no2)CCNC1. The molecule has 0 amide bonds. The lowest BCUT2D eigenvalue weighted by Gasteiger charge is -2.26. The van der Waals surface area contributed by atoms with Crippen molar-refractivity contribution in [1.82, 2.24) is 15.5 Å². The molecule has 1 aromatic rings. The Morgan fingerprint density at radius 1 is 1.42 bits per heavy atom. The summed E-state index contributed by atoms with van der Waals surface area (Å²) in [5.74, 6) is 1.13. The molecule has 2 atom stereocenters. The molecule has 2 saturated heterocycles. The molecule has 2 unspecified atom stereocenters. The van der Waals surface area contributed by atoms with Crippen molar-refractivity contribution in [2.75, 3.05) is 18.8 Å². The van der Waals surface area contributed by atoms with E-state index < -0.39 is 11.6 Å². The molecule has 2 aliphatic rings. The van der Waals surface area contributed by atoms with E-state index in [4.69, 9.17) is 4.52 Å². The van der Waals surface area contributed by atoms with Crippen molar-refractivity contribution in [2.45, 2.75) is 36.1 Å². The third-order valence-corrected chi connectivity index (χ3v) is 5.14. The molecule has 0 spiro atoms. The molecule has 0 radical (unpaired) electrons. The van der Waals surface area contributed by atoms with Crippen LogP contribution in [0, 0.1) is 0 Å². The summed E-state index contributed by atoms with van der Waals surface area (Å²) in [5, 5.41) is 6.59. The molecule has 8 heteroatoms. The lowest BCUT2D eigenvalue weighted by Crippen LogP contribution is -2.44. The Bertz CT molecular complexity index is 450. The van der Waals surface area contributed by atoms with E-state index in [0.29, 0.717) is 12.4 Å². The van der Waals surface area contributed by atoms with E-state index in [1.807, 2.05) is 0 Å². The largest absolute Gasteiger partial charge is 0.404 e. The monoisotopic (exact) mass is 293 g/mol. The molecule has 4 nitrogen and oxygen atoms in total. The molecule has 0 aliphatic carbocycles. The van der Waals surface area contributed by atoms with Crippen molar-refractivity contribution in [2.24, 2.45) is 0 Å². The van der Waals surface area contributed by atoms with Crippen LogP contribution in [0.1, 0.15) is 36.2 Å². The van der Waals surface area contributed by atoms with Crippen molar-refractivity contribution < 1.29 is 17.7 Å². The van der Waals surface area contributed by atoms with Gasteiger partial charge in [-0.25, -0.2) is 0 Å². The van der Waals surface area contributed by atoms with Gasteiger partial charge in [-0.15, -0.1) is 0 Å². The van der Waals surface area contributed by atoms with Gasteiger partial charge in [0.25, 0.3) is 0 Å². The Morgan fingerprint density at radius 2 is 2.26 bits per heavy atom. The second-order valence-electron chi connectivity index (χ2n) is 4.97. The van der Waals surface area contributed by atoms with Crippen LogP contribution in [0.4, 0.5) is 13.2 Å². The van der Waals surface area contributed by atoms with Gasteiger partial charge >= 0.3 is 6.18 Å². The minimum absolute atomic E-state index is 0.0457. The van der Waals surface area contributed by atoms with Crippen molar-refractivity contribution in [3.63, 3.8) is 0 Å². The zero-order valence-electron chi connectivity index (χ0n) is 10.2. The zero-order valence-corrected chi connectivity index (χ0v) is 11.0. The van der Waals surface area contributed by atoms with Gasteiger partial charge in [0.1, 0.15) is 0 Å². The van der Waals surface area contributed by atoms with Crippen LogP contribution in [0.25, 0.3) is 0 Å². The molecule has 0 bridgehead atoms. The van der Waals surface area contributed by atoms with Gasteiger partial charge in [0.15, 0.2) is 11.2 Å². The number of hydrogen-bond acceptors (Lipinski definition) is 5. The highest BCUT2D eigenvalue weighted by molar-refractivity contribution is 7.99. The van der Waals surface area contributed by atoms with Crippen LogP contribution >= 0.6 is 11.8 Å². The Kier molecular flexibility index (Phi) is 3.24. The van der Waals surface area contributed by atoms with Crippen molar-refractivity contribution in [3.05, 3.63) is 11.7 Å². The summed E-state index contributed by atoms with van der Waals surface area (Å²) < 4.78 is 44.9. The number of hydrogen-bond donors (Lipinski definition) is 1. The highest BCUT2D eigenvalue weighted by Crippen LogP contribution is 2.46. The van der Waals surface area contributed by atoms with Crippen LogP contribution < -0.4 is 5.32 Å². The topological polar surface area (TPSA) is 51.0 Å². The third-order valence-electron chi connectivity index (χ3n) is 3.77. The lowest BCUT2D eigenvalue weighted by atomic mass is 9.86. The highest BCUT2D eigenvalue weighted by Gasteiger charge is 2.61. The van der Waals surface area contributed by atoms with Gasteiger partial charge < -0.3 is 9.84 Å². The summed E-state index contributed by atoms with van der Waals surface area (Å²) in [5.41, 5.74) is -2.01. The van der Waals surface area contributed by atoms with Crippen LogP contribution in [0.3, 0.4) is 0 Å². The quantitative estimate of drug-likeness (QED) is 0.907. The third kappa shape index (κ3) is 2.14. The number of nitrogens with zero attached hydrogens (tertiary/aromatic N) is 2. The molecule has 3 heterocycles. The first kappa shape index (κ1) is 13.2. The van der Waals surface area contributed by atoms with E-state index >= 15 is 0 Å². The van der Waals surface area contributed by atoms with Gasteiger partial charge in [0, 0.05) is 6.54 Å². The van der Waals surface area contributed by atoms with E-state index in [1.54, 1.807) is 11.8 Å². The predicted molar refractivity (Wildman–Crippen MR) is 64.0 cm³/mol. The second-order valence-corrected chi connectivity index (χ2v) is 6.28. The van der Waals surface area contributed by atoms with Crippen molar-refractivity contribution >= 4 is 11.8 Å². The fourth-order valence-electron chi connectivity index (χ4n) is 2.58. The molecule has 0 aromatic carbocycles. The van der Waals surface area contributed by atoms with Crippen LogP contribution in [-0.2, 0) is 5.41 Å². The summed E-state index contributed by atoms with van der Waals surface area (Å²) in [4.78, 5) is 4.05. The molecule has 0 saturated carbocycles. The fraction of sp³-hybridized carbons (Fsp3) is 0.818. The average molecular weight is 293 g/mol. The molecule has 106 valence electrons. The summed E-state index contributed by atoms with van der Waals surface area (Å²) >= 11 is 1.68. The van der Waals surface area contributed by atoms with Gasteiger partial charge in [0.05, 0.1) is 5.25 Å². The minimum Gasteiger partial charge on any atom is -0.338 e. The molecular weight excluding hydrogens is 279 g/mol. The number of nitrogens with one attached hydrogen (secondary N) is 1. The molecule has 1 N–H and O–H groups in total. The average Bonchev–Trinajstić information content (AvgIpc) is 3.10. The minimum atomic E-state index is -4.37. The highest BCUT2D eigenvalue weighted by atomic mass is 32.2. The number of halogens is 3. The van der Waals surface area contributed by atoms with Gasteiger partial charge in [-0.05, 0) is 31.6 Å². The standard InChI is InChI=1S/C11H14F3N3OS/c12-11(13,14)10(3-4-15-6-10)9-16-8(17-18-9)7-2-1-5-19-7/h7,15H,1-6H2. The zero-order chi connectivity index (χ0) is 13.5. The first-order valence-corrected chi connectivity index (χ1v) is 7.31. The van der Waals surface area contributed by atoms with E-state index in [0.717, 1.165) is 18.6 Å². The van der Waals surface area contributed by atoms with Crippen molar-refractivity contribution in [3.8, 4) is 0 Å². The summed E-state index contributed by atoms with van der Waals surface area (Å²) in [6.07, 6.45) is -2.47. The van der Waals surface area contributed by atoms with Crippen LogP contribution in [0.5, 0.6) is 0 Å². The molecule has 1 aromatic heterocycles. The first-order chi connectivity index (χ1) is 9.03. The van der Waals surface area contributed by atoms with E-state index in [2.05, 4.69) is 15.5 Å². The first-order valence-electron chi connectivity index (χ1n) is 6.26. The predicted octanol–water partition coefficient (Wildman–Crippen LogP) is 2.43. The van der Waals surface area contributed by atoms with E-state index in [1.165, 1.54) is 0 Å². The molecular formula is C11H14F3N3OS. The van der Waals surface area contributed by atoms with Gasteiger partial charge in [-0.2, -0.15) is 29.9 Å². The van der Waals surface area contributed by atoms with Gasteiger partial charge in [-0.3, -0.25) is 0 Å². The maximum atomic E-state index is 13.3. The molecule has 3 rings (SSSR count). The molecule has 2 aliphatic heterocycles. The number of alkyl halides is 3. The normalized spacial score (nSPS) is 32.1. The summed E-state index contributed by atoms with van der Waals surface area (Å²) in [6.45, 7) is 0.130. The van der Waals surface area contributed by atoms with Gasteiger partial charge in [-0.1, -0.05) is 5.16 Å². The number of aromatic nitrogens is 2. The maximum Gasteiger partial charge on any atom is 0.404 e. The smallest absolute Gasteiger partial charge is 0.338 e. The summed E-state index contributed by atoms with van der Waals surface area (Å²) in [6, 6.07) is 0. The summed E-state index contributed by atoms with van der Waals surface area (Å²) in [7, 11) is 0. The van der Waals surface area contributed by atoms with E-state index in [9.17, 15) is 13.2 Å². The van der Waals surface area contributed by atoms with Crippen molar-refractivity contribution in [1.29, 1.82) is 0 Å². The Hall–Kier alpha value is -0.760. The maximum absolute atomic E-state index is 13.3. The van der Waals surface area contributed by atoms with Gasteiger partial charge in [0.2, 0.25) is 5.89 Å².